The van der Waals surface area contributed by atoms with Gasteiger partial charge in [-0.25, -0.2) is 9.59 Å². The van der Waals surface area contributed by atoms with E-state index in [0.717, 1.165) is 25.3 Å². The van der Waals surface area contributed by atoms with E-state index < -0.39 is 46.5 Å². The predicted molar refractivity (Wildman–Crippen MR) is 118 cm³/mol. The topological polar surface area (TPSA) is 63.6 Å². The molecule has 2 aromatic carbocycles. The summed E-state index contributed by atoms with van der Waals surface area (Å²) >= 11 is 0. The fourth-order valence-electron chi connectivity index (χ4n) is 3.32. The number of aromatic carboxylic acids is 1. The number of benzene rings is 2. The van der Waals surface area contributed by atoms with Gasteiger partial charge >= 0.3 is 24.3 Å². The number of carbonyl (C=O) groups excluding carboxylic acids is 1. The van der Waals surface area contributed by atoms with Gasteiger partial charge in [0.25, 0.3) is 0 Å². The van der Waals surface area contributed by atoms with Crippen LogP contribution in [0, 0.1) is 11.8 Å². The van der Waals surface area contributed by atoms with Crippen molar-refractivity contribution in [3.8, 4) is 0 Å². The first kappa shape index (κ1) is 30.0. The van der Waals surface area contributed by atoms with E-state index in [1.165, 1.54) is 18.2 Å². The standard InChI is InChI=1S/C13H15F3O2.C12H13F3O2/c1-8(2)6-9-4-5-10(12(17)18-3)11(7-9)13(14,15)16;1-7(2)5-8-3-4-9(11(16)17)10(6-8)12(13,14)15/h4-5,7-8H,6H2,1-3H3;3-4,6-7H,5H2,1-2H3,(H,16,17). The largest absolute Gasteiger partial charge is 0.478 e. The molecule has 0 heterocycles. The molecule has 0 aromatic heterocycles. The Hall–Kier alpha value is -3.04. The van der Waals surface area contributed by atoms with Crippen LogP contribution >= 0.6 is 0 Å². The van der Waals surface area contributed by atoms with Crippen LogP contribution in [0.3, 0.4) is 0 Å². The zero-order valence-electron chi connectivity index (χ0n) is 20.0. The summed E-state index contributed by atoms with van der Waals surface area (Å²) in [5, 5.41) is 8.70. The normalized spacial score (nSPS) is 11.8. The van der Waals surface area contributed by atoms with Gasteiger partial charge in [0, 0.05) is 0 Å². The summed E-state index contributed by atoms with van der Waals surface area (Å²) in [7, 11) is 1.06. The Kier molecular flexibility index (Phi) is 10.4. The quantitative estimate of drug-likeness (QED) is 0.330. The number of carboxylic acid groups (broad SMARTS) is 1. The van der Waals surface area contributed by atoms with Crippen molar-refractivity contribution in [2.75, 3.05) is 7.11 Å². The highest BCUT2D eigenvalue weighted by atomic mass is 19.4. The first-order valence-electron chi connectivity index (χ1n) is 10.7. The molecule has 2 aromatic rings. The van der Waals surface area contributed by atoms with E-state index in [2.05, 4.69) is 4.74 Å². The van der Waals surface area contributed by atoms with Crippen LogP contribution in [0.2, 0.25) is 0 Å². The van der Waals surface area contributed by atoms with Crippen molar-refractivity contribution in [3.05, 3.63) is 69.8 Å². The molecule has 0 aliphatic carbocycles. The van der Waals surface area contributed by atoms with Crippen LogP contribution in [0.15, 0.2) is 36.4 Å². The zero-order valence-corrected chi connectivity index (χ0v) is 20.0. The molecule has 0 saturated carbocycles. The number of hydrogen-bond acceptors (Lipinski definition) is 3. The smallest absolute Gasteiger partial charge is 0.417 e. The molecule has 1 N–H and O–H groups in total. The Morgan fingerprint density at radius 2 is 1.14 bits per heavy atom. The van der Waals surface area contributed by atoms with Gasteiger partial charge < -0.3 is 9.84 Å². The first-order valence-corrected chi connectivity index (χ1v) is 10.7. The van der Waals surface area contributed by atoms with Gasteiger partial charge in [0.15, 0.2) is 0 Å². The molecule has 0 radical (unpaired) electrons. The molecule has 0 aliphatic heterocycles. The van der Waals surface area contributed by atoms with Gasteiger partial charge in [-0.2, -0.15) is 26.3 Å². The van der Waals surface area contributed by atoms with E-state index in [1.54, 1.807) is 0 Å². The average molecular weight is 506 g/mol. The molecular formula is C25H28F6O4. The van der Waals surface area contributed by atoms with Gasteiger partial charge in [-0.15, -0.1) is 0 Å². The lowest BCUT2D eigenvalue weighted by Crippen LogP contribution is -2.15. The minimum absolute atomic E-state index is 0.215. The van der Waals surface area contributed by atoms with Crippen LogP contribution in [0.4, 0.5) is 26.3 Å². The highest BCUT2D eigenvalue weighted by Crippen LogP contribution is 2.34. The van der Waals surface area contributed by atoms with Crippen LogP contribution < -0.4 is 0 Å². The van der Waals surface area contributed by atoms with E-state index in [4.69, 9.17) is 5.11 Å². The summed E-state index contributed by atoms with van der Waals surface area (Å²) in [5.41, 5.74) is -2.11. The molecule has 0 amide bonds. The molecule has 0 saturated heterocycles. The third-order valence-corrected chi connectivity index (χ3v) is 4.70. The van der Waals surface area contributed by atoms with Crippen molar-refractivity contribution < 1.29 is 45.8 Å². The second-order valence-corrected chi connectivity index (χ2v) is 8.75. The van der Waals surface area contributed by atoms with Gasteiger partial charge in [-0.1, -0.05) is 39.8 Å². The van der Waals surface area contributed by atoms with Crippen LogP contribution in [0.1, 0.15) is 70.7 Å². The van der Waals surface area contributed by atoms with Crippen LogP contribution in [-0.2, 0) is 29.9 Å². The molecule has 0 aliphatic rings. The lowest BCUT2D eigenvalue weighted by atomic mass is 9.97. The molecule has 0 atom stereocenters. The van der Waals surface area contributed by atoms with E-state index in [1.807, 2.05) is 27.7 Å². The van der Waals surface area contributed by atoms with E-state index >= 15 is 0 Å². The summed E-state index contributed by atoms with van der Waals surface area (Å²) in [6, 6.07) is 7.09. The van der Waals surface area contributed by atoms with Gasteiger partial charge in [-0.3, -0.25) is 0 Å². The molecule has 35 heavy (non-hydrogen) atoms. The number of carboxylic acids is 1. The van der Waals surface area contributed by atoms with E-state index in [-0.39, 0.29) is 11.8 Å². The maximum Gasteiger partial charge on any atom is 0.417 e. The molecule has 0 bridgehead atoms. The first-order chi connectivity index (χ1) is 16.0. The molecule has 0 spiro atoms. The monoisotopic (exact) mass is 506 g/mol. The summed E-state index contributed by atoms with van der Waals surface area (Å²) in [6.45, 7) is 7.61. The third kappa shape index (κ3) is 9.26. The van der Waals surface area contributed by atoms with Crippen LogP contribution in [0.5, 0.6) is 0 Å². The molecular weight excluding hydrogens is 478 g/mol. The van der Waals surface area contributed by atoms with E-state index in [9.17, 15) is 35.9 Å². The third-order valence-electron chi connectivity index (χ3n) is 4.70. The Bertz CT molecular complexity index is 1020. The number of carbonyl (C=O) groups is 2. The highest BCUT2D eigenvalue weighted by molar-refractivity contribution is 5.91. The lowest BCUT2D eigenvalue weighted by Gasteiger charge is -2.14. The highest BCUT2D eigenvalue weighted by Gasteiger charge is 2.36. The molecule has 2 rings (SSSR count). The summed E-state index contributed by atoms with van der Waals surface area (Å²) in [6.07, 6.45) is -8.18. The van der Waals surface area contributed by atoms with Crippen molar-refractivity contribution in [2.24, 2.45) is 11.8 Å². The van der Waals surface area contributed by atoms with Crippen molar-refractivity contribution in [2.45, 2.75) is 52.9 Å². The molecule has 0 fully saturated rings. The summed E-state index contributed by atoms with van der Waals surface area (Å²) < 4.78 is 80.9. The Morgan fingerprint density at radius 3 is 1.46 bits per heavy atom. The average Bonchev–Trinajstić information content (AvgIpc) is 2.71. The fourth-order valence-corrected chi connectivity index (χ4v) is 3.32. The number of ether oxygens (including phenoxy) is 1. The van der Waals surface area contributed by atoms with Gasteiger partial charge in [0.1, 0.15) is 0 Å². The number of methoxy groups -OCH3 is 1. The second kappa shape index (κ2) is 12.1. The van der Waals surface area contributed by atoms with Crippen molar-refractivity contribution >= 4 is 11.9 Å². The van der Waals surface area contributed by atoms with Crippen LogP contribution in [0.25, 0.3) is 0 Å². The second-order valence-electron chi connectivity index (χ2n) is 8.75. The number of esters is 1. The Balaban J connectivity index is 0.000000351. The Labute approximate surface area is 199 Å². The van der Waals surface area contributed by atoms with Gasteiger partial charge in [0.2, 0.25) is 0 Å². The number of alkyl halides is 6. The van der Waals surface area contributed by atoms with Crippen LogP contribution in [-0.4, -0.2) is 24.2 Å². The fraction of sp³-hybridized carbons (Fsp3) is 0.440. The molecule has 194 valence electrons. The van der Waals surface area contributed by atoms with Crippen molar-refractivity contribution in [1.29, 1.82) is 0 Å². The van der Waals surface area contributed by atoms with Gasteiger partial charge in [0.05, 0.1) is 29.4 Å². The molecule has 0 unspecified atom stereocenters. The number of rotatable bonds is 6. The summed E-state index contributed by atoms with van der Waals surface area (Å²) in [4.78, 5) is 22.0. The zero-order chi connectivity index (χ0) is 27.1. The number of hydrogen-bond donors (Lipinski definition) is 1. The summed E-state index contributed by atoms with van der Waals surface area (Å²) in [5.74, 6) is -2.08. The number of halogens is 6. The van der Waals surface area contributed by atoms with Gasteiger partial charge in [-0.05, 0) is 60.1 Å². The lowest BCUT2D eigenvalue weighted by molar-refractivity contribution is -0.138. The van der Waals surface area contributed by atoms with E-state index in [0.29, 0.717) is 24.0 Å². The van der Waals surface area contributed by atoms with Crippen molar-refractivity contribution in [3.63, 3.8) is 0 Å². The molecule has 4 nitrogen and oxygen atoms in total. The predicted octanol–water partition coefficient (Wildman–Crippen LogP) is 7.29. The van der Waals surface area contributed by atoms with Crippen molar-refractivity contribution in [1.82, 2.24) is 0 Å². The maximum absolute atomic E-state index is 12.9. The minimum atomic E-state index is -4.64. The SMILES string of the molecule is CC(C)Cc1ccc(C(=O)O)c(C(F)(F)F)c1.COC(=O)c1ccc(CC(C)C)cc1C(F)(F)F. The Morgan fingerprint density at radius 1 is 0.771 bits per heavy atom. The minimum Gasteiger partial charge on any atom is -0.478 e. The maximum atomic E-state index is 12.9. The molecule has 10 heteroatoms.